The lowest BCUT2D eigenvalue weighted by Gasteiger charge is -2.18. The van der Waals surface area contributed by atoms with Crippen LogP contribution in [0.2, 0.25) is 0 Å². The van der Waals surface area contributed by atoms with Crippen LogP contribution < -0.4 is 5.73 Å². The van der Waals surface area contributed by atoms with Crippen LogP contribution in [0.5, 0.6) is 0 Å². The van der Waals surface area contributed by atoms with Gasteiger partial charge in [-0.25, -0.2) is 0 Å². The van der Waals surface area contributed by atoms with E-state index in [0.29, 0.717) is 6.04 Å². The smallest absolute Gasteiger partial charge is 0.00644 e. The van der Waals surface area contributed by atoms with Crippen molar-refractivity contribution in [1.29, 1.82) is 0 Å². The Morgan fingerprint density at radius 3 is 2.07 bits per heavy atom. The zero-order valence-corrected chi connectivity index (χ0v) is 10.4. The normalized spacial score (nSPS) is 15.4. The molecule has 86 valence electrons. The third kappa shape index (κ3) is 7.37. The zero-order valence-electron chi connectivity index (χ0n) is 10.4. The Hall–Kier alpha value is -0.0400. The zero-order chi connectivity index (χ0) is 10.8. The molecule has 14 heavy (non-hydrogen) atoms. The van der Waals surface area contributed by atoms with Crippen LogP contribution >= 0.6 is 0 Å². The molecule has 1 heteroatoms. The average Bonchev–Trinajstić information content (AvgIpc) is 2.17. The Morgan fingerprint density at radius 2 is 1.50 bits per heavy atom. The molecular formula is C13H29N. The molecule has 2 atom stereocenters. The van der Waals surface area contributed by atoms with Crippen molar-refractivity contribution in [2.75, 3.05) is 0 Å². The van der Waals surface area contributed by atoms with Crippen molar-refractivity contribution in [3.8, 4) is 0 Å². The van der Waals surface area contributed by atoms with Crippen LogP contribution in [0.25, 0.3) is 0 Å². The van der Waals surface area contributed by atoms with E-state index in [2.05, 4.69) is 20.8 Å². The summed E-state index contributed by atoms with van der Waals surface area (Å²) in [6, 6.07) is 0.436. The largest absolute Gasteiger partial charge is 0.327 e. The Balaban J connectivity index is 3.29. The molecule has 0 heterocycles. The fourth-order valence-electron chi connectivity index (χ4n) is 1.90. The van der Waals surface area contributed by atoms with E-state index < -0.39 is 0 Å². The van der Waals surface area contributed by atoms with Gasteiger partial charge in [0.05, 0.1) is 0 Å². The summed E-state index contributed by atoms with van der Waals surface area (Å²) in [5.41, 5.74) is 6.07. The van der Waals surface area contributed by atoms with Crippen molar-refractivity contribution in [2.24, 2.45) is 11.7 Å². The maximum absolute atomic E-state index is 6.07. The molecule has 1 nitrogen and oxygen atoms in total. The summed E-state index contributed by atoms with van der Waals surface area (Å²) in [6.45, 7) is 6.79. The van der Waals surface area contributed by atoms with E-state index in [-0.39, 0.29) is 0 Å². The Kier molecular flexibility index (Phi) is 9.49. The lowest BCUT2D eigenvalue weighted by Crippen LogP contribution is -2.27. The SMILES string of the molecule is CCCCCCCC(C)C(N)CCC. The average molecular weight is 199 g/mol. The summed E-state index contributed by atoms with van der Waals surface area (Å²) in [7, 11) is 0. The summed E-state index contributed by atoms with van der Waals surface area (Å²) in [4.78, 5) is 0. The maximum atomic E-state index is 6.07. The van der Waals surface area contributed by atoms with Crippen molar-refractivity contribution in [3.05, 3.63) is 0 Å². The van der Waals surface area contributed by atoms with Crippen molar-refractivity contribution in [3.63, 3.8) is 0 Å². The highest BCUT2D eigenvalue weighted by molar-refractivity contribution is 4.68. The first-order valence-corrected chi connectivity index (χ1v) is 6.47. The molecule has 0 saturated carbocycles. The van der Waals surface area contributed by atoms with Gasteiger partial charge in [0.2, 0.25) is 0 Å². The van der Waals surface area contributed by atoms with Crippen molar-refractivity contribution < 1.29 is 0 Å². The van der Waals surface area contributed by atoms with E-state index in [1.165, 1.54) is 51.4 Å². The van der Waals surface area contributed by atoms with Crippen molar-refractivity contribution >= 4 is 0 Å². The van der Waals surface area contributed by atoms with E-state index in [9.17, 15) is 0 Å². The van der Waals surface area contributed by atoms with E-state index in [1.807, 2.05) is 0 Å². The van der Waals surface area contributed by atoms with Crippen LogP contribution in [0, 0.1) is 5.92 Å². The van der Waals surface area contributed by atoms with E-state index >= 15 is 0 Å². The number of nitrogens with two attached hydrogens (primary N) is 1. The van der Waals surface area contributed by atoms with Gasteiger partial charge in [-0.1, -0.05) is 59.3 Å². The summed E-state index contributed by atoms with van der Waals surface area (Å²) < 4.78 is 0. The van der Waals surface area contributed by atoms with Gasteiger partial charge in [-0.2, -0.15) is 0 Å². The predicted octanol–water partition coefficient (Wildman–Crippen LogP) is 4.11. The second-order valence-corrected chi connectivity index (χ2v) is 4.63. The fraction of sp³-hybridized carbons (Fsp3) is 1.00. The van der Waals surface area contributed by atoms with Gasteiger partial charge in [-0.3, -0.25) is 0 Å². The molecule has 2 unspecified atom stereocenters. The number of hydrogen-bond donors (Lipinski definition) is 1. The lowest BCUT2D eigenvalue weighted by atomic mass is 9.93. The second kappa shape index (κ2) is 9.51. The molecule has 0 aliphatic carbocycles. The summed E-state index contributed by atoms with van der Waals surface area (Å²) in [5.74, 6) is 0.719. The van der Waals surface area contributed by atoms with Gasteiger partial charge in [-0.15, -0.1) is 0 Å². The molecule has 0 rings (SSSR count). The first kappa shape index (κ1) is 14.0. The molecule has 0 radical (unpaired) electrons. The molecule has 0 aromatic heterocycles. The molecule has 0 aromatic carbocycles. The highest BCUT2D eigenvalue weighted by atomic mass is 14.6. The van der Waals surface area contributed by atoms with Crippen LogP contribution in [-0.4, -0.2) is 6.04 Å². The van der Waals surface area contributed by atoms with Crippen LogP contribution in [-0.2, 0) is 0 Å². The van der Waals surface area contributed by atoms with E-state index in [4.69, 9.17) is 5.73 Å². The first-order valence-electron chi connectivity index (χ1n) is 6.47. The number of hydrogen-bond acceptors (Lipinski definition) is 1. The quantitative estimate of drug-likeness (QED) is 0.556. The van der Waals surface area contributed by atoms with Crippen LogP contribution in [0.15, 0.2) is 0 Å². The lowest BCUT2D eigenvalue weighted by molar-refractivity contribution is 0.386. The van der Waals surface area contributed by atoms with Gasteiger partial charge in [-0.05, 0) is 18.8 Å². The van der Waals surface area contributed by atoms with Gasteiger partial charge < -0.3 is 5.73 Å². The Morgan fingerprint density at radius 1 is 0.857 bits per heavy atom. The van der Waals surface area contributed by atoms with Gasteiger partial charge in [0.1, 0.15) is 0 Å². The standard InChI is InChI=1S/C13H29N/c1-4-6-7-8-9-11-12(3)13(14)10-5-2/h12-13H,4-11,14H2,1-3H3. The predicted molar refractivity (Wildman–Crippen MR) is 65.4 cm³/mol. The van der Waals surface area contributed by atoms with Crippen LogP contribution in [0.1, 0.15) is 72.1 Å². The third-order valence-corrected chi connectivity index (χ3v) is 3.12. The van der Waals surface area contributed by atoms with Crippen molar-refractivity contribution in [1.82, 2.24) is 0 Å². The summed E-state index contributed by atoms with van der Waals surface area (Å²) in [6.07, 6.45) is 10.7. The minimum Gasteiger partial charge on any atom is -0.327 e. The molecule has 0 aliphatic rings. The van der Waals surface area contributed by atoms with E-state index in [0.717, 1.165) is 5.92 Å². The highest BCUT2D eigenvalue weighted by Gasteiger charge is 2.10. The van der Waals surface area contributed by atoms with Gasteiger partial charge in [0.15, 0.2) is 0 Å². The monoisotopic (exact) mass is 199 g/mol. The molecular weight excluding hydrogens is 170 g/mol. The van der Waals surface area contributed by atoms with Gasteiger partial charge in [0.25, 0.3) is 0 Å². The molecule has 2 N–H and O–H groups in total. The number of unbranched alkanes of at least 4 members (excludes halogenated alkanes) is 4. The van der Waals surface area contributed by atoms with Crippen LogP contribution in [0.4, 0.5) is 0 Å². The molecule has 0 bridgehead atoms. The van der Waals surface area contributed by atoms with Crippen molar-refractivity contribution in [2.45, 2.75) is 78.2 Å². The molecule has 0 saturated heterocycles. The van der Waals surface area contributed by atoms with Gasteiger partial charge in [0, 0.05) is 6.04 Å². The molecule has 0 aromatic rings. The van der Waals surface area contributed by atoms with Crippen LogP contribution in [0.3, 0.4) is 0 Å². The highest BCUT2D eigenvalue weighted by Crippen LogP contribution is 2.15. The molecule has 0 fully saturated rings. The minimum absolute atomic E-state index is 0.436. The molecule has 0 aliphatic heterocycles. The fourth-order valence-corrected chi connectivity index (χ4v) is 1.90. The summed E-state index contributed by atoms with van der Waals surface area (Å²) >= 11 is 0. The van der Waals surface area contributed by atoms with E-state index in [1.54, 1.807) is 0 Å². The first-order chi connectivity index (χ1) is 6.72. The topological polar surface area (TPSA) is 26.0 Å². The number of rotatable bonds is 9. The summed E-state index contributed by atoms with van der Waals surface area (Å²) in [5, 5.41) is 0. The maximum Gasteiger partial charge on any atom is 0.00644 e. The molecule has 0 spiro atoms. The third-order valence-electron chi connectivity index (χ3n) is 3.12. The molecule has 0 amide bonds. The minimum atomic E-state index is 0.436. The Labute approximate surface area is 90.5 Å². The second-order valence-electron chi connectivity index (χ2n) is 4.63. The Bertz CT molecular complexity index is 112. The van der Waals surface area contributed by atoms with Gasteiger partial charge >= 0.3 is 0 Å².